The van der Waals surface area contributed by atoms with E-state index in [9.17, 15) is 18.0 Å². The average Bonchev–Trinajstić information content (AvgIpc) is 2.78. The van der Waals surface area contributed by atoms with Crippen molar-refractivity contribution in [2.24, 2.45) is 17.3 Å². The predicted octanol–water partition coefficient (Wildman–Crippen LogP) is 3.86. The molecule has 19 heavy (non-hydrogen) atoms. The molecule has 0 aromatic carbocycles. The summed E-state index contributed by atoms with van der Waals surface area (Å²) in [6.07, 6.45) is -2.80. The average molecular weight is 298 g/mol. The highest BCUT2D eigenvalue weighted by Gasteiger charge is 2.61. The molecule has 0 spiro atoms. The summed E-state index contributed by atoms with van der Waals surface area (Å²) in [5, 5.41) is 1.65. The maximum atomic E-state index is 12.4. The first kappa shape index (κ1) is 16.3. The first-order valence-corrected chi connectivity index (χ1v) is 6.64. The number of nitrogens with one attached hydrogen (secondary N) is 1. The van der Waals surface area contributed by atoms with Gasteiger partial charge in [-0.05, 0) is 24.7 Å². The summed E-state index contributed by atoms with van der Waals surface area (Å²) >= 11 is 5.23. The minimum atomic E-state index is -4.54. The zero-order chi connectivity index (χ0) is 15.0. The van der Waals surface area contributed by atoms with Gasteiger partial charge in [-0.3, -0.25) is 4.79 Å². The molecule has 1 aliphatic carbocycles. The van der Waals surface area contributed by atoms with Crippen molar-refractivity contribution in [2.45, 2.75) is 46.3 Å². The summed E-state index contributed by atoms with van der Waals surface area (Å²) in [4.78, 5) is 12.0. The summed E-state index contributed by atoms with van der Waals surface area (Å²) in [7, 11) is 0. The van der Waals surface area contributed by atoms with Crippen LogP contribution in [-0.4, -0.2) is 18.1 Å². The lowest BCUT2D eigenvalue weighted by molar-refractivity contribution is -0.123. The number of amides is 1. The third kappa shape index (κ3) is 3.65. The van der Waals surface area contributed by atoms with Gasteiger partial charge in [0.25, 0.3) is 0 Å². The fourth-order valence-electron chi connectivity index (χ4n) is 2.18. The van der Waals surface area contributed by atoms with E-state index in [0.29, 0.717) is 0 Å². The van der Waals surface area contributed by atoms with Crippen molar-refractivity contribution >= 4 is 17.5 Å². The first-order valence-electron chi connectivity index (χ1n) is 6.26. The molecular formula is C13H19ClF3NO. The Labute approximate surface area is 116 Å². The lowest BCUT2D eigenvalue weighted by Gasteiger charge is -2.11. The van der Waals surface area contributed by atoms with Gasteiger partial charge in [-0.2, -0.15) is 13.2 Å². The van der Waals surface area contributed by atoms with Crippen LogP contribution in [0.15, 0.2) is 11.1 Å². The minimum absolute atomic E-state index is 0.0200. The minimum Gasteiger partial charge on any atom is -0.353 e. The van der Waals surface area contributed by atoms with Gasteiger partial charge in [-0.1, -0.05) is 38.4 Å². The van der Waals surface area contributed by atoms with E-state index >= 15 is 0 Å². The third-order valence-corrected chi connectivity index (χ3v) is 4.13. The van der Waals surface area contributed by atoms with Crippen molar-refractivity contribution in [3.63, 3.8) is 0 Å². The Morgan fingerprint density at radius 2 is 2.00 bits per heavy atom. The van der Waals surface area contributed by atoms with E-state index in [1.54, 1.807) is 13.8 Å². The lowest BCUT2D eigenvalue weighted by atomic mass is 10.1. The summed E-state index contributed by atoms with van der Waals surface area (Å²) in [6, 6.07) is 0.0200. The zero-order valence-corrected chi connectivity index (χ0v) is 12.2. The molecule has 0 aromatic heterocycles. The van der Waals surface area contributed by atoms with Crippen LogP contribution >= 0.6 is 11.6 Å². The third-order valence-electron chi connectivity index (χ3n) is 3.79. The highest BCUT2D eigenvalue weighted by Crippen LogP contribution is 2.60. The van der Waals surface area contributed by atoms with E-state index in [0.717, 1.165) is 12.5 Å². The number of alkyl halides is 3. The van der Waals surface area contributed by atoms with Gasteiger partial charge in [0.2, 0.25) is 5.91 Å². The van der Waals surface area contributed by atoms with E-state index in [-0.39, 0.29) is 11.9 Å². The molecule has 3 atom stereocenters. The highest BCUT2D eigenvalue weighted by molar-refractivity contribution is 6.30. The van der Waals surface area contributed by atoms with Gasteiger partial charge in [0, 0.05) is 6.04 Å². The van der Waals surface area contributed by atoms with Crippen molar-refractivity contribution in [3.8, 4) is 0 Å². The van der Waals surface area contributed by atoms with E-state index < -0.39 is 28.5 Å². The highest BCUT2D eigenvalue weighted by atomic mass is 35.5. The second kappa shape index (κ2) is 5.35. The van der Waals surface area contributed by atoms with Crippen LogP contribution in [0.5, 0.6) is 0 Å². The van der Waals surface area contributed by atoms with Crippen LogP contribution in [-0.2, 0) is 4.79 Å². The molecule has 0 aliphatic heterocycles. The van der Waals surface area contributed by atoms with Crippen LogP contribution in [0.4, 0.5) is 13.2 Å². The van der Waals surface area contributed by atoms with E-state index in [1.807, 2.05) is 13.8 Å². The summed E-state index contributed by atoms with van der Waals surface area (Å²) in [5.74, 6) is -1.12. The Kier molecular flexibility index (Phi) is 4.60. The summed E-state index contributed by atoms with van der Waals surface area (Å²) < 4.78 is 37.1. The molecule has 3 unspecified atom stereocenters. The Morgan fingerprint density at radius 1 is 1.47 bits per heavy atom. The molecule has 1 aliphatic rings. The number of hydrogen-bond donors (Lipinski definition) is 1. The normalized spacial score (nSPS) is 27.9. The molecule has 0 radical (unpaired) electrons. The van der Waals surface area contributed by atoms with E-state index in [1.165, 1.54) is 0 Å². The van der Waals surface area contributed by atoms with Gasteiger partial charge in [0.15, 0.2) is 0 Å². The van der Waals surface area contributed by atoms with E-state index in [2.05, 4.69) is 5.32 Å². The molecule has 1 amide bonds. The number of rotatable bonds is 4. The maximum absolute atomic E-state index is 12.4. The number of carbonyl (C=O) groups excluding carboxylic acids is 1. The molecule has 0 saturated heterocycles. The molecule has 1 rings (SSSR count). The molecule has 1 saturated carbocycles. The fourth-order valence-corrected chi connectivity index (χ4v) is 2.31. The van der Waals surface area contributed by atoms with Crippen LogP contribution in [0, 0.1) is 17.3 Å². The number of hydrogen-bond acceptors (Lipinski definition) is 1. The smallest absolute Gasteiger partial charge is 0.353 e. The molecule has 1 N–H and O–H groups in total. The van der Waals surface area contributed by atoms with Crippen LogP contribution in [0.3, 0.4) is 0 Å². The van der Waals surface area contributed by atoms with Crippen molar-refractivity contribution in [2.75, 3.05) is 0 Å². The molecule has 2 nitrogen and oxygen atoms in total. The van der Waals surface area contributed by atoms with Crippen LogP contribution in [0.1, 0.15) is 34.1 Å². The van der Waals surface area contributed by atoms with Gasteiger partial charge in [0.05, 0.1) is 5.92 Å². The second-order valence-corrected chi connectivity index (χ2v) is 6.06. The largest absolute Gasteiger partial charge is 0.426 e. The van der Waals surface area contributed by atoms with Gasteiger partial charge < -0.3 is 5.32 Å². The van der Waals surface area contributed by atoms with Crippen molar-refractivity contribution < 1.29 is 18.0 Å². The fraction of sp³-hybridized carbons (Fsp3) is 0.769. The van der Waals surface area contributed by atoms with Gasteiger partial charge in [-0.15, -0.1) is 0 Å². The van der Waals surface area contributed by atoms with Crippen molar-refractivity contribution in [1.29, 1.82) is 0 Å². The summed E-state index contributed by atoms with van der Waals surface area (Å²) in [5.41, 5.74) is -0.483. The second-order valence-electron chi connectivity index (χ2n) is 5.66. The first-order chi connectivity index (χ1) is 8.51. The maximum Gasteiger partial charge on any atom is 0.426 e. The molecular weight excluding hydrogens is 279 g/mol. The SMILES string of the molecule is CCC(C)NC(=O)C1C(C=C(Cl)C(F)(F)F)C1(C)C. The topological polar surface area (TPSA) is 29.1 Å². The van der Waals surface area contributed by atoms with Crippen LogP contribution in [0.25, 0.3) is 0 Å². The standard InChI is InChI=1S/C13H19ClF3NO/c1-5-7(2)18-11(19)10-8(12(10,3)4)6-9(14)13(15,16)17/h6-8,10H,5H2,1-4H3,(H,18,19). The monoisotopic (exact) mass is 297 g/mol. The Bertz CT molecular complexity index is 390. The molecule has 6 heteroatoms. The Balaban J connectivity index is 2.76. The number of allylic oxidation sites excluding steroid dienone is 2. The van der Waals surface area contributed by atoms with Gasteiger partial charge in [-0.25, -0.2) is 0 Å². The number of carbonyl (C=O) groups is 1. The lowest BCUT2D eigenvalue weighted by Crippen LogP contribution is -2.34. The van der Waals surface area contributed by atoms with Gasteiger partial charge in [0.1, 0.15) is 5.03 Å². The predicted molar refractivity (Wildman–Crippen MR) is 68.6 cm³/mol. The molecule has 1 fully saturated rings. The molecule has 0 aromatic rings. The molecule has 0 heterocycles. The molecule has 110 valence electrons. The quantitative estimate of drug-likeness (QED) is 0.839. The zero-order valence-electron chi connectivity index (χ0n) is 11.4. The summed E-state index contributed by atoms with van der Waals surface area (Å²) in [6.45, 7) is 7.34. The number of halogens is 4. The van der Waals surface area contributed by atoms with Crippen molar-refractivity contribution in [1.82, 2.24) is 5.32 Å². The van der Waals surface area contributed by atoms with Crippen LogP contribution < -0.4 is 5.32 Å². The molecule has 0 bridgehead atoms. The Morgan fingerprint density at radius 3 is 2.42 bits per heavy atom. The van der Waals surface area contributed by atoms with Crippen molar-refractivity contribution in [3.05, 3.63) is 11.1 Å². The van der Waals surface area contributed by atoms with E-state index in [4.69, 9.17) is 11.6 Å². The van der Waals surface area contributed by atoms with Crippen LogP contribution in [0.2, 0.25) is 0 Å². The van der Waals surface area contributed by atoms with Gasteiger partial charge >= 0.3 is 6.18 Å². The Hall–Kier alpha value is -0.710.